The van der Waals surface area contributed by atoms with Crippen LogP contribution in [0.15, 0.2) is 18.2 Å². The van der Waals surface area contributed by atoms with Gasteiger partial charge < -0.3 is 0 Å². The second-order valence-corrected chi connectivity index (χ2v) is 3.51. The van der Waals surface area contributed by atoms with Gasteiger partial charge in [0.25, 0.3) is 0 Å². The Bertz CT molecular complexity index is 527. The van der Waals surface area contributed by atoms with Crippen LogP contribution in [0.5, 0.6) is 0 Å². The number of aryl methyl sites for hydroxylation is 2. The Morgan fingerprint density at radius 3 is 2.31 bits per heavy atom. The molecule has 16 heavy (non-hydrogen) atoms. The Labute approximate surface area is 90.3 Å². The minimum atomic E-state index is -1.21. The van der Waals surface area contributed by atoms with Crippen LogP contribution in [0.1, 0.15) is 5.69 Å². The van der Waals surface area contributed by atoms with Gasteiger partial charge in [-0.15, -0.1) is 0 Å². The van der Waals surface area contributed by atoms with E-state index in [1.54, 1.807) is 14.0 Å². The van der Waals surface area contributed by atoms with E-state index in [0.717, 1.165) is 17.8 Å². The highest BCUT2D eigenvalue weighted by Gasteiger charge is 2.18. The number of nitrogens with zero attached hydrogens (tertiary/aromatic N) is 2. The number of halogens is 3. The minimum Gasteiger partial charge on any atom is -0.272 e. The van der Waals surface area contributed by atoms with Gasteiger partial charge in [0, 0.05) is 12.7 Å². The van der Waals surface area contributed by atoms with E-state index in [2.05, 4.69) is 5.10 Å². The zero-order chi connectivity index (χ0) is 11.9. The third-order valence-electron chi connectivity index (χ3n) is 2.41. The van der Waals surface area contributed by atoms with Crippen molar-refractivity contribution in [3.05, 3.63) is 41.3 Å². The summed E-state index contributed by atoms with van der Waals surface area (Å²) in [5, 5.41) is 3.91. The van der Waals surface area contributed by atoms with Gasteiger partial charge in [0.05, 0.1) is 11.3 Å². The average Bonchev–Trinajstić information content (AvgIpc) is 2.54. The van der Waals surface area contributed by atoms with Gasteiger partial charge in [-0.2, -0.15) is 5.10 Å². The van der Waals surface area contributed by atoms with Gasteiger partial charge in [0.1, 0.15) is 5.82 Å². The van der Waals surface area contributed by atoms with Crippen LogP contribution >= 0.6 is 0 Å². The Hall–Kier alpha value is -1.78. The van der Waals surface area contributed by atoms with Crippen molar-refractivity contribution in [3.63, 3.8) is 0 Å². The second-order valence-electron chi connectivity index (χ2n) is 3.51. The second kappa shape index (κ2) is 3.66. The molecule has 1 heterocycles. The Kier molecular flexibility index (Phi) is 2.46. The number of rotatable bonds is 1. The Balaban J connectivity index is 2.68. The van der Waals surface area contributed by atoms with Crippen LogP contribution in [0, 0.1) is 24.4 Å². The molecule has 1 aromatic carbocycles. The van der Waals surface area contributed by atoms with Crippen molar-refractivity contribution >= 4 is 0 Å². The molecule has 84 valence electrons. The maximum absolute atomic E-state index is 13.4. The molecule has 0 aliphatic carbocycles. The summed E-state index contributed by atoms with van der Waals surface area (Å²) in [5.74, 6) is -3.12. The molecule has 0 radical (unpaired) electrons. The molecule has 0 saturated carbocycles. The maximum atomic E-state index is 13.4. The van der Waals surface area contributed by atoms with Gasteiger partial charge in [0.15, 0.2) is 11.6 Å². The fourth-order valence-electron chi connectivity index (χ4n) is 1.44. The molecule has 0 unspecified atom stereocenters. The van der Waals surface area contributed by atoms with Crippen molar-refractivity contribution in [2.75, 3.05) is 0 Å². The summed E-state index contributed by atoms with van der Waals surface area (Å²) in [6.07, 6.45) is 0. The van der Waals surface area contributed by atoms with Crippen molar-refractivity contribution in [1.82, 2.24) is 9.78 Å². The summed E-state index contributed by atoms with van der Waals surface area (Å²) in [6, 6.07) is 3.14. The fraction of sp³-hybridized carbons (Fsp3) is 0.182. The SMILES string of the molecule is Cc1cc(-c2c(F)ccc(F)c2F)nn1C. The van der Waals surface area contributed by atoms with Gasteiger partial charge in [-0.1, -0.05) is 0 Å². The smallest absolute Gasteiger partial charge is 0.171 e. The van der Waals surface area contributed by atoms with Gasteiger partial charge in [-0.3, -0.25) is 4.68 Å². The monoisotopic (exact) mass is 226 g/mol. The van der Waals surface area contributed by atoms with E-state index in [1.807, 2.05) is 0 Å². The van der Waals surface area contributed by atoms with Crippen LogP contribution in [-0.4, -0.2) is 9.78 Å². The Morgan fingerprint density at radius 2 is 1.75 bits per heavy atom. The average molecular weight is 226 g/mol. The molecule has 1 aromatic heterocycles. The lowest BCUT2D eigenvalue weighted by molar-refractivity contribution is 0.498. The molecule has 0 fully saturated rings. The van der Waals surface area contributed by atoms with Gasteiger partial charge in [0.2, 0.25) is 0 Å². The molecular formula is C11H9F3N2. The van der Waals surface area contributed by atoms with E-state index in [-0.39, 0.29) is 5.69 Å². The van der Waals surface area contributed by atoms with E-state index in [1.165, 1.54) is 10.7 Å². The van der Waals surface area contributed by atoms with Crippen LogP contribution in [0.3, 0.4) is 0 Å². The Morgan fingerprint density at radius 1 is 1.12 bits per heavy atom. The summed E-state index contributed by atoms with van der Waals surface area (Å²) in [5.41, 5.74) is 0.399. The minimum absolute atomic E-state index is 0.0921. The lowest BCUT2D eigenvalue weighted by Crippen LogP contribution is -1.96. The lowest BCUT2D eigenvalue weighted by atomic mass is 10.1. The molecule has 0 N–H and O–H groups in total. The van der Waals surface area contributed by atoms with Crippen molar-refractivity contribution in [2.24, 2.45) is 7.05 Å². The molecule has 0 amide bonds. The van der Waals surface area contributed by atoms with E-state index in [0.29, 0.717) is 0 Å². The maximum Gasteiger partial charge on any atom is 0.171 e. The van der Waals surface area contributed by atoms with Crippen LogP contribution in [0.25, 0.3) is 11.3 Å². The molecule has 0 aliphatic rings. The van der Waals surface area contributed by atoms with Crippen molar-refractivity contribution in [3.8, 4) is 11.3 Å². The summed E-state index contributed by atoms with van der Waals surface area (Å²) in [6.45, 7) is 1.74. The first-order valence-electron chi connectivity index (χ1n) is 4.65. The van der Waals surface area contributed by atoms with E-state index < -0.39 is 23.0 Å². The third-order valence-corrected chi connectivity index (χ3v) is 2.41. The molecule has 2 nitrogen and oxygen atoms in total. The first kappa shape index (κ1) is 10.7. The van der Waals surface area contributed by atoms with Crippen molar-refractivity contribution in [1.29, 1.82) is 0 Å². The summed E-state index contributed by atoms with van der Waals surface area (Å²) in [7, 11) is 1.65. The first-order valence-corrected chi connectivity index (χ1v) is 4.65. The highest BCUT2D eigenvalue weighted by Crippen LogP contribution is 2.26. The molecule has 0 saturated heterocycles. The lowest BCUT2D eigenvalue weighted by Gasteiger charge is -2.01. The number of aromatic nitrogens is 2. The predicted molar refractivity (Wildman–Crippen MR) is 53.3 cm³/mol. The highest BCUT2D eigenvalue weighted by molar-refractivity contribution is 5.61. The molecule has 0 aliphatic heterocycles. The largest absolute Gasteiger partial charge is 0.272 e. The quantitative estimate of drug-likeness (QED) is 0.684. The topological polar surface area (TPSA) is 17.8 Å². The number of hydrogen-bond donors (Lipinski definition) is 0. The van der Waals surface area contributed by atoms with Crippen LogP contribution in [0.2, 0.25) is 0 Å². The number of benzene rings is 1. The number of hydrogen-bond acceptors (Lipinski definition) is 1. The van der Waals surface area contributed by atoms with Crippen molar-refractivity contribution < 1.29 is 13.2 Å². The highest BCUT2D eigenvalue weighted by atomic mass is 19.2. The molecular weight excluding hydrogens is 217 g/mol. The van der Waals surface area contributed by atoms with Crippen LogP contribution < -0.4 is 0 Å². The van der Waals surface area contributed by atoms with E-state index >= 15 is 0 Å². The first-order chi connectivity index (χ1) is 7.50. The van der Waals surface area contributed by atoms with E-state index in [9.17, 15) is 13.2 Å². The van der Waals surface area contributed by atoms with E-state index in [4.69, 9.17) is 0 Å². The predicted octanol–water partition coefficient (Wildman–Crippen LogP) is 2.81. The van der Waals surface area contributed by atoms with Crippen molar-refractivity contribution in [2.45, 2.75) is 6.92 Å². The van der Waals surface area contributed by atoms with Crippen LogP contribution in [-0.2, 0) is 7.05 Å². The summed E-state index contributed by atoms with van der Waals surface area (Å²) in [4.78, 5) is 0. The molecule has 0 atom stereocenters. The third kappa shape index (κ3) is 1.58. The molecule has 2 rings (SSSR count). The fourth-order valence-corrected chi connectivity index (χ4v) is 1.44. The molecule has 5 heteroatoms. The molecule has 0 bridgehead atoms. The summed E-state index contributed by atoms with van der Waals surface area (Å²) >= 11 is 0. The van der Waals surface area contributed by atoms with Gasteiger partial charge in [-0.05, 0) is 25.1 Å². The summed E-state index contributed by atoms with van der Waals surface area (Å²) < 4.78 is 41.3. The normalized spacial score (nSPS) is 10.8. The molecule has 2 aromatic rings. The standard InChI is InChI=1S/C11H9F3N2/c1-6-5-9(15-16(6)2)10-7(12)3-4-8(13)11(10)14/h3-5H,1-2H3. The zero-order valence-corrected chi connectivity index (χ0v) is 8.76. The van der Waals surface area contributed by atoms with Gasteiger partial charge in [-0.25, -0.2) is 13.2 Å². The molecule has 0 spiro atoms. The zero-order valence-electron chi connectivity index (χ0n) is 8.76. The van der Waals surface area contributed by atoms with Crippen LogP contribution in [0.4, 0.5) is 13.2 Å². The van der Waals surface area contributed by atoms with Gasteiger partial charge >= 0.3 is 0 Å².